The summed E-state index contributed by atoms with van der Waals surface area (Å²) in [7, 11) is 0. The molecule has 3 saturated heterocycles. The lowest BCUT2D eigenvalue weighted by Crippen LogP contribution is -2.40. The summed E-state index contributed by atoms with van der Waals surface area (Å²) in [5.74, 6) is 1.78. The van der Waals surface area contributed by atoms with E-state index in [0.717, 1.165) is 82.8 Å². The Bertz CT molecular complexity index is 1360. The highest BCUT2D eigenvalue weighted by molar-refractivity contribution is 7.19. The van der Waals surface area contributed by atoms with Crippen LogP contribution in [0.25, 0.3) is 0 Å². The number of amides is 1. The van der Waals surface area contributed by atoms with Crippen LogP contribution < -0.4 is 20.3 Å². The van der Waals surface area contributed by atoms with Gasteiger partial charge in [-0.05, 0) is 81.6 Å². The van der Waals surface area contributed by atoms with E-state index < -0.39 is 6.10 Å². The van der Waals surface area contributed by atoms with Gasteiger partial charge in [0.25, 0.3) is 5.91 Å². The molecule has 1 amide bonds. The van der Waals surface area contributed by atoms with Crippen molar-refractivity contribution in [1.82, 2.24) is 25.3 Å². The van der Waals surface area contributed by atoms with E-state index in [1.165, 1.54) is 23.3 Å². The minimum absolute atomic E-state index is 0.0613. The predicted octanol–water partition coefficient (Wildman–Crippen LogP) is 3.96. The van der Waals surface area contributed by atoms with Crippen molar-refractivity contribution < 1.29 is 14.3 Å². The first-order valence-corrected chi connectivity index (χ1v) is 15.9. The molecule has 7 rings (SSSR count). The standard InChI is InChI=1S/C30H38N8O3S/c39-27(33-29-36-35-28(42-29)32-22-10-14-38(19-22)26-9-4-13-31-34-26)25-17-30(20-40-25)11-15-37(16-12-30)18-21-5-1-2-8-24(21)41-23-6-3-7-23/h1-2,4-5,8-9,13,22-23,25H,3,6-7,10-12,14-20H2,(H,32,35)(H,33,36,39). The van der Waals surface area contributed by atoms with E-state index in [0.29, 0.717) is 23.0 Å². The highest BCUT2D eigenvalue weighted by atomic mass is 32.1. The van der Waals surface area contributed by atoms with Crippen LogP contribution in [0.1, 0.15) is 50.5 Å². The smallest absolute Gasteiger partial charge is 0.255 e. The first-order chi connectivity index (χ1) is 20.6. The number of likely N-dealkylation sites (tertiary alicyclic amines) is 1. The summed E-state index contributed by atoms with van der Waals surface area (Å²) in [6.07, 6.45) is 8.98. The molecule has 1 spiro atoms. The molecule has 1 saturated carbocycles. The van der Waals surface area contributed by atoms with Crippen LogP contribution in [0, 0.1) is 5.41 Å². The summed E-state index contributed by atoms with van der Waals surface area (Å²) < 4.78 is 12.3. The Morgan fingerprint density at radius 3 is 2.71 bits per heavy atom. The number of ether oxygens (including phenoxy) is 2. The number of para-hydroxylation sites is 1. The van der Waals surface area contributed by atoms with Gasteiger partial charge in [0.15, 0.2) is 5.82 Å². The van der Waals surface area contributed by atoms with Crippen molar-refractivity contribution in [2.45, 2.75) is 69.7 Å². The van der Waals surface area contributed by atoms with Crippen LogP contribution in [0.2, 0.25) is 0 Å². The van der Waals surface area contributed by atoms with Crippen LogP contribution in [-0.2, 0) is 16.1 Å². The van der Waals surface area contributed by atoms with Crippen molar-refractivity contribution in [3.8, 4) is 5.75 Å². The van der Waals surface area contributed by atoms with Gasteiger partial charge >= 0.3 is 0 Å². The maximum Gasteiger partial charge on any atom is 0.255 e. The van der Waals surface area contributed by atoms with Crippen LogP contribution >= 0.6 is 11.3 Å². The third-order valence-corrected chi connectivity index (χ3v) is 9.95. The Balaban J connectivity index is 0.869. The van der Waals surface area contributed by atoms with Crippen molar-refractivity contribution in [3.63, 3.8) is 0 Å². The normalized spacial score (nSPS) is 24.0. The second-order valence-electron chi connectivity index (χ2n) is 12.1. The third-order valence-electron chi connectivity index (χ3n) is 9.18. The summed E-state index contributed by atoms with van der Waals surface area (Å²) in [6.45, 7) is 5.24. The molecule has 11 nitrogen and oxygen atoms in total. The second kappa shape index (κ2) is 12.1. The number of benzene rings is 1. The van der Waals surface area contributed by atoms with Gasteiger partial charge in [-0.15, -0.1) is 15.3 Å². The molecule has 2 unspecified atom stereocenters. The lowest BCUT2D eigenvalue weighted by molar-refractivity contribution is -0.124. The van der Waals surface area contributed by atoms with E-state index in [1.54, 1.807) is 6.20 Å². The Morgan fingerprint density at radius 1 is 1.05 bits per heavy atom. The first-order valence-electron chi connectivity index (χ1n) is 15.1. The highest BCUT2D eigenvalue weighted by Crippen LogP contribution is 2.43. The second-order valence-corrected chi connectivity index (χ2v) is 13.1. The van der Waals surface area contributed by atoms with Crippen LogP contribution in [-0.4, -0.2) is 82.2 Å². The fourth-order valence-corrected chi connectivity index (χ4v) is 7.11. The summed E-state index contributed by atoms with van der Waals surface area (Å²) in [5, 5.41) is 24.2. The molecule has 5 heterocycles. The average Bonchev–Trinajstić information content (AvgIpc) is 3.75. The number of anilines is 3. The van der Waals surface area contributed by atoms with Crippen LogP contribution in [0.15, 0.2) is 42.6 Å². The molecule has 2 N–H and O–H groups in total. The quantitative estimate of drug-likeness (QED) is 0.379. The monoisotopic (exact) mass is 590 g/mol. The number of piperidine rings is 1. The fraction of sp³-hybridized carbons (Fsp3) is 0.567. The summed E-state index contributed by atoms with van der Waals surface area (Å²) in [6, 6.07) is 12.6. The first kappa shape index (κ1) is 27.5. The number of rotatable bonds is 9. The zero-order chi connectivity index (χ0) is 28.4. The molecule has 4 fully saturated rings. The van der Waals surface area contributed by atoms with Crippen LogP contribution in [0.4, 0.5) is 16.1 Å². The maximum absolute atomic E-state index is 13.1. The maximum atomic E-state index is 13.1. The van der Waals surface area contributed by atoms with Gasteiger partial charge in [0.05, 0.1) is 12.7 Å². The molecular weight excluding hydrogens is 552 g/mol. The predicted molar refractivity (Wildman–Crippen MR) is 161 cm³/mol. The Morgan fingerprint density at radius 2 is 1.90 bits per heavy atom. The topological polar surface area (TPSA) is 118 Å². The minimum Gasteiger partial charge on any atom is -0.490 e. The molecule has 3 aliphatic heterocycles. The molecule has 4 aliphatic rings. The van der Waals surface area contributed by atoms with E-state index in [1.807, 2.05) is 12.1 Å². The SMILES string of the molecule is O=C(Nc1nnc(NC2CCN(c3cccnn3)C2)s1)C1CC2(CCN(Cc3ccccc3OC3CCC3)CC2)CO1. The fourth-order valence-electron chi connectivity index (χ4n) is 6.39. The largest absolute Gasteiger partial charge is 0.490 e. The van der Waals surface area contributed by atoms with E-state index >= 15 is 0 Å². The summed E-state index contributed by atoms with van der Waals surface area (Å²) in [5.41, 5.74) is 1.33. The Kier molecular flexibility index (Phi) is 7.92. The van der Waals surface area contributed by atoms with E-state index in [-0.39, 0.29) is 17.4 Å². The van der Waals surface area contributed by atoms with Crippen molar-refractivity contribution in [3.05, 3.63) is 48.2 Å². The van der Waals surface area contributed by atoms with E-state index in [4.69, 9.17) is 9.47 Å². The number of carbonyl (C=O) groups is 1. The highest BCUT2D eigenvalue weighted by Gasteiger charge is 2.45. The molecule has 12 heteroatoms. The van der Waals surface area contributed by atoms with E-state index in [2.05, 4.69) is 65.1 Å². The molecule has 0 bridgehead atoms. The van der Waals surface area contributed by atoms with Crippen molar-refractivity contribution in [2.24, 2.45) is 5.41 Å². The van der Waals surface area contributed by atoms with Crippen molar-refractivity contribution in [2.75, 3.05) is 48.3 Å². The Labute approximate surface area is 250 Å². The van der Waals surface area contributed by atoms with Gasteiger partial charge in [-0.3, -0.25) is 15.0 Å². The zero-order valence-corrected chi connectivity index (χ0v) is 24.6. The molecule has 42 heavy (non-hydrogen) atoms. The zero-order valence-electron chi connectivity index (χ0n) is 23.8. The number of hydrogen-bond donors (Lipinski definition) is 2. The molecule has 0 radical (unpaired) electrons. The van der Waals surface area contributed by atoms with Crippen molar-refractivity contribution in [1.29, 1.82) is 0 Å². The lowest BCUT2D eigenvalue weighted by atomic mass is 9.76. The molecular formula is C30H38N8O3S. The average molecular weight is 591 g/mol. The van der Waals surface area contributed by atoms with Crippen molar-refractivity contribution >= 4 is 33.3 Å². The lowest BCUT2D eigenvalue weighted by Gasteiger charge is -2.38. The van der Waals surface area contributed by atoms with Gasteiger partial charge in [-0.1, -0.05) is 29.5 Å². The number of nitrogens with zero attached hydrogens (tertiary/aromatic N) is 6. The number of hydrogen-bond acceptors (Lipinski definition) is 11. The Hall–Kier alpha value is -3.35. The van der Waals surface area contributed by atoms with Gasteiger partial charge in [-0.2, -0.15) is 5.10 Å². The number of nitrogens with one attached hydrogen (secondary N) is 2. The van der Waals surface area contributed by atoms with Gasteiger partial charge in [0.2, 0.25) is 10.3 Å². The van der Waals surface area contributed by atoms with E-state index in [9.17, 15) is 4.79 Å². The summed E-state index contributed by atoms with van der Waals surface area (Å²) >= 11 is 1.36. The number of aromatic nitrogens is 4. The third kappa shape index (κ3) is 6.20. The molecule has 2 aromatic heterocycles. The minimum atomic E-state index is -0.455. The molecule has 1 aliphatic carbocycles. The number of carbonyl (C=O) groups excluding carboxylic acids is 1. The summed E-state index contributed by atoms with van der Waals surface area (Å²) in [4.78, 5) is 17.8. The molecule has 222 valence electrons. The van der Waals surface area contributed by atoms with Gasteiger partial charge in [0.1, 0.15) is 11.9 Å². The van der Waals surface area contributed by atoms with Crippen LogP contribution in [0.3, 0.4) is 0 Å². The molecule has 3 aromatic rings. The van der Waals surface area contributed by atoms with Crippen LogP contribution in [0.5, 0.6) is 5.75 Å². The van der Waals surface area contributed by atoms with Gasteiger partial charge in [0, 0.05) is 37.4 Å². The molecule has 1 aromatic carbocycles. The van der Waals surface area contributed by atoms with Gasteiger partial charge < -0.3 is 19.7 Å². The van der Waals surface area contributed by atoms with Gasteiger partial charge in [-0.25, -0.2) is 0 Å². The molecule has 2 atom stereocenters.